The fourth-order valence-electron chi connectivity index (χ4n) is 2.13. The van der Waals surface area contributed by atoms with Crippen molar-refractivity contribution in [2.24, 2.45) is 0 Å². The summed E-state index contributed by atoms with van der Waals surface area (Å²) in [6, 6.07) is 13.6. The van der Waals surface area contributed by atoms with Crippen LogP contribution in [-0.2, 0) is 6.42 Å². The maximum atomic E-state index is 8.90. The van der Waals surface area contributed by atoms with E-state index in [4.69, 9.17) is 28.5 Å². The van der Waals surface area contributed by atoms with E-state index in [9.17, 15) is 0 Å². The quantitative estimate of drug-likeness (QED) is 0.692. The zero-order chi connectivity index (χ0) is 14.5. The molecule has 0 aromatic heterocycles. The van der Waals surface area contributed by atoms with Gasteiger partial charge >= 0.3 is 0 Å². The van der Waals surface area contributed by atoms with Gasteiger partial charge in [-0.2, -0.15) is 5.26 Å². The molecule has 0 saturated carbocycles. The van der Waals surface area contributed by atoms with Gasteiger partial charge in [0.1, 0.15) is 0 Å². The molecule has 0 fully saturated rings. The Bertz CT molecular complexity index is 616. The van der Waals surface area contributed by atoms with Gasteiger partial charge in [-0.15, -0.1) is 0 Å². The van der Waals surface area contributed by atoms with Gasteiger partial charge in [0.25, 0.3) is 0 Å². The molecule has 0 aliphatic rings. The summed E-state index contributed by atoms with van der Waals surface area (Å²) in [5, 5.41) is 9.92. The Hall–Kier alpha value is -1.49. The predicted molar refractivity (Wildman–Crippen MR) is 85.2 cm³/mol. The molecule has 0 unspecified atom stereocenters. The summed E-state index contributed by atoms with van der Waals surface area (Å²) >= 11 is 12.5. The van der Waals surface area contributed by atoms with Crippen molar-refractivity contribution < 1.29 is 0 Å². The Morgan fingerprint density at radius 3 is 2.15 bits per heavy atom. The highest BCUT2D eigenvalue weighted by Crippen LogP contribution is 2.35. The Labute approximate surface area is 129 Å². The predicted octanol–water partition coefficient (Wildman–Crippen LogP) is 5.87. The summed E-state index contributed by atoms with van der Waals surface area (Å²) in [5.41, 5.74) is 3.55. The highest BCUT2D eigenvalue weighted by atomic mass is 35.5. The van der Waals surface area contributed by atoms with Crippen molar-refractivity contribution >= 4 is 23.2 Å². The van der Waals surface area contributed by atoms with E-state index in [2.05, 4.69) is 25.1 Å². The van der Waals surface area contributed by atoms with Crippen LogP contribution >= 0.6 is 23.2 Å². The summed E-state index contributed by atoms with van der Waals surface area (Å²) in [6.07, 6.45) is 3.47. The average Bonchev–Trinajstić information content (AvgIpc) is 2.45. The van der Waals surface area contributed by atoms with E-state index >= 15 is 0 Å². The molecule has 1 nitrogen and oxygen atoms in total. The second-order valence-corrected chi connectivity index (χ2v) is 5.54. The van der Waals surface area contributed by atoms with Crippen LogP contribution in [0.5, 0.6) is 0 Å². The Balaban J connectivity index is 2.35. The smallest absolute Gasteiger partial charge is 0.0992 e. The molecule has 20 heavy (non-hydrogen) atoms. The molecular weight excluding hydrogens is 289 g/mol. The van der Waals surface area contributed by atoms with Crippen molar-refractivity contribution in [3.63, 3.8) is 0 Å². The van der Waals surface area contributed by atoms with Gasteiger partial charge in [-0.05, 0) is 36.1 Å². The number of nitrogens with zero attached hydrogens (tertiary/aromatic N) is 1. The lowest BCUT2D eigenvalue weighted by Crippen LogP contribution is -1.87. The normalized spacial score (nSPS) is 10.3. The molecule has 2 aromatic rings. The maximum absolute atomic E-state index is 8.90. The molecule has 0 bridgehead atoms. The van der Waals surface area contributed by atoms with E-state index < -0.39 is 0 Å². The average molecular weight is 304 g/mol. The number of aryl methyl sites for hydroxylation is 1. The van der Waals surface area contributed by atoms with Crippen LogP contribution in [0.25, 0.3) is 11.1 Å². The number of rotatable bonds is 4. The number of benzene rings is 2. The van der Waals surface area contributed by atoms with E-state index in [0.717, 1.165) is 17.5 Å². The van der Waals surface area contributed by atoms with Crippen molar-refractivity contribution in [3.8, 4) is 17.2 Å². The zero-order valence-electron chi connectivity index (χ0n) is 11.3. The van der Waals surface area contributed by atoms with Crippen molar-refractivity contribution in [1.29, 1.82) is 5.26 Å². The molecule has 102 valence electrons. The van der Waals surface area contributed by atoms with Gasteiger partial charge in [-0.3, -0.25) is 0 Å². The molecule has 3 heteroatoms. The first-order valence-corrected chi connectivity index (χ1v) is 7.39. The molecule has 0 heterocycles. The second-order valence-electron chi connectivity index (χ2n) is 4.73. The van der Waals surface area contributed by atoms with Crippen LogP contribution in [0.1, 0.15) is 30.9 Å². The minimum atomic E-state index is 0.475. The van der Waals surface area contributed by atoms with Gasteiger partial charge in [-0.1, -0.05) is 60.8 Å². The largest absolute Gasteiger partial charge is 0.192 e. The molecule has 0 N–H and O–H groups in total. The third-order valence-corrected chi connectivity index (χ3v) is 3.83. The molecule has 0 spiro atoms. The van der Waals surface area contributed by atoms with E-state index in [0.29, 0.717) is 15.6 Å². The lowest BCUT2D eigenvalue weighted by atomic mass is 10.0. The lowest BCUT2D eigenvalue weighted by Gasteiger charge is -2.09. The monoisotopic (exact) mass is 303 g/mol. The van der Waals surface area contributed by atoms with Crippen LogP contribution in [0.3, 0.4) is 0 Å². The summed E-state index contributed by atoms with van der Waals surface area (Å²) in [4.78, 5) is 0. The molecule has 2 aromatic carbocycles. The van der Waals surface area contributed by atoms with Gasteiger partial charge in [0.15, 0.2) is 0 Å². The van der Waals surface area contributed by atoms with Crippen molar-refractivity contribution in [2.45, 2.75) is 26.2 Å². The molecule has 0 aliphatic heterocycles. The highest BCUT2D eigenvalue weighted by Gasteiger charge is 2.10. The minimum Gasteiger partial charge on any atom is -0.192 e. The number of halogens is 2. The summed E-state index contributed by atoms with van der Waals surface area (Å²) in [7, 11) is 0. The SMILES string of the molecule is CCCCc1ccc(-c2c(Cl)cc(C#N)cc2Cl)cc1. The zero-order valence-corrected chi connectivity index (χ0v) is 12.8. The summed E-state index contributed by atoms with van der Waals surface area (Å²) in [6.45, 7) is 2.19. The first kappa shape index (κ1) is 14.9. The van der Waals surface area contributed by atoms with Crippen LogP contribution in [0, 0.1) is 11.3 Å². The highest BCUT2D eigenvalue weighted by molar-refractivity contribution is 6.39. The van der Waals surface area contributed by atoms with Crippen LogP contribution in [-0.4, -0.2) is 0 Å². The Kier molecular flexibility index (Phi) is 5.06. The molecule has 0 radical (unpaired) electrons. The van der Waals surface area contributed by atoms with E-state index in [1.165, 1.54) is 18.4 Å². The first-order chi connectivity index (χ1) is 9.65. The third kappa shape index (κ3) is 3.33. The van der Waals surface area contributed by atoms with E-state index in [-0.39, 0.29) is 0 Å². The molecule has 0 amide bonds. The van der Waals surface area contributed by atoms with Gasteiger partial charge in [0, 0.05) is 5.56 Å². The molecule has 0 aliphatic carbocycles. The van der Waals surface area contributed by atoms with Gasteiger partial charge in [0.2, 0.25) is 0 Å². The Morgan fingerprint density at radius 2 is 1.65 bits per heavy atom. The van der Waals surface area contributed by atoms with Crippen molar-refractivity contribution in [3.05, 3.63) is 57.6 Å². The number of hydrogen-bond acceptors (Lipinski definition) is 1. The van der Waals surface area contributed by atoms with Gasteiger partial charge in [-0.25, -0.2) is 0 Å². The number of unbranched alkanes of at least 4 members (excludes halogenated alkanes) is 1. The van der Waals surface area contributed by atoms with Crippen molar-refractivity contribution in [1.82, 2.24) is 0 Å². The first-order valence-electron chi connectivity index (χ1n) is 6.64. The van der Waals surface area contributed by atoms with Crippen molar-refractivity contribution in [2.75, 3.05) is 0 Å². The minimum absolute atomic E-state index is 0.475. The fraction of sp³-hybridized carbons (Fsp3) is 0.235. The molecular formula is C17H15Cl2N. The van der Waals surface area contributed by atoms with Crippen LogP contribution in [0.15, 0.2) is 36.4 Å². The summed E-state index contributed by atoms with van der Waals surface area (Å²) in [5.74, 6) is 0. The van der Waals surface area contributed by atoms with Crippen LogP contribution in [0.2, 0.25) is 10.0 Å². The Morgan fingerprint density at radius 1 is 1.05 bits per heavy atom. The number of hydrogen-bond donors (Lipinski definition) is 0. The number of nitriles is 1. The van der Waals surface area contributed by atoms with Crippen LogP contribution in [0.4, 0.5) is 0 Å². The molecule has 0 saturated heterocycles. The van der Waals surface area contributed by atoms with Gasteiger partial charge in [0.05, 0.1) is 21.7 Å². The maximum Gasteiger partial charge on any atom is 0.0992 e. The molecule has 2 rings (SSSR count). The fourth-order valence-corrected chi connectivity index (χ4v) is 2.84. The second kappa shape index (κ2) is 6.79. The third-order valence-electron chi connectivity index (χ3n) is 3.23. The molecule has 0 atom stereocenters. The standard InChI is InChI=1S/C17H15Cl2N/c1-2-3-4-12-5-7-14(8-6-12)17-15(18)9-13(11-20)10-16(17)19/h5-10H,2-4H2,1H3. The summed E-state index contributed by atoms with van der Waals surface area (Å²) < 4.78 is 0. The van der Waals surface area contributed by atoms with E-state index in [1.807, 2.05) is 12.1 Å². The van der Waals surface area contributed by atoms with E-state index in [1.54, 1.807) is 12.1 Å². The lowest BCUT2D eigenvalue weighted by molar-refractivity contribution is 0.795. The van der Waals surface area contributed by atoms with Crippen LogP contribution < -0.4 is 0 Å². The van der Waals surface area contributed by atoms with Gasteiger partial charge < -0.3 is 0 Å². The topological polar surface area (TPSA) is 23.8 Å².